The van der Waals surface area contributed by atoms with E-state index in [0.29, 0.717) is 12.1 Å². The van der Waals surface area contributed by atoms with Crippen molar-refractivity contribution in [2.24, 2.45) is 5.84 Å². The van der Waals surface area contributed by atoms with E-state index >= 15 is 0 Å². The predicted molar refractivity (Wildman–Crippen MR) is 76.9 cm³/mol. The van der Waals surface area contributed by atoms with Crippen LogP contribution in [0.15, 0.2) is 54.9 Å². The number of benzene rings is 1. The van der Waals surface area contributed by atoms with Crippen molar-refractivity contribution >= 4 is 16.8 Å². The van der Waals surface area contributed by atoms with Gasteiger partial charge < -0.3 is 4.57 Å². The number of aromatic nitrogens is 2. The zero-order chi connectivity index (χ0) is 13.9. The number of hydrazine groups is 1. The fraction of sp³-hybridized carbons (Fsp3) is 0.0667. The first-order chi connectivity index (χ1) is 9.78. The van der Waals surface area contributed by atoms with Crippen LogP contribution in [0.4, 0.5) is 0 Å². The normalized spacial score (nSPS) is 10.7. The van der Waals surface area contributed by atoms with Crippen molar-refractivity contribution in [3.05, 3.63) is 66.1 Å². The van der Waals surface area contributed by atoms with E-state index in [9.17, 15) is 4.79 Å². The molecular formula is C15H14N4O. The number of para-hydroxylation sites is 1. The molecule has 0 unspecified atom stereocenters. The van der Waals surface area contributed by atoms with Crippen molar-refractivity contribution in [2.45, 2.75) is 6.54 Å². The standard InChI is InChI=1S/C15H14N4O/c16-18-15(20)12-5-6-13(17-9-12)10-19-8-7-11-3-1-2-4-14(11)19/h1-9H,10,16H2,(H,18,20). The molecule has 5 nitrogen and oxygen atoms in total. The van der Waals surface area contributed by atoms with Crippen LogP contribution in [-0.2, 0) is 6.54 Å². The second-order valence-electron chi connectivity index (χ2n) is 4.51. The zero-order valence-corrected chi connectivity index (χ0v) is 10.8. The minimum atomic E-state index is -0.338. The van der Waals surface area contributed by atoms with Gasteiger partial charge in [-0.2, -0.15) is 0 Å². The first-order valence-electron chi connectivity index (χ1n) is 6.27. The summed E-state index contributed by atoms with van der Waals surface area (Å²) >= 11 is 0. The minimum absolute atomic E-state index is 0.338. The molecule has 1 aromatic carbocycles. The maximum atomic E-state index is 11.3. The number of nitrogens with zero attached hydrogens (tertiary/aromatic N) is 2. The van der Waals surface area contributed by atoms with Crippen LogP contribution in [-0.4, -0.2) is 15.5 Å². The number of carbonyl (C=O) groups is 1. The molecule has 0 atom stereocenters. The summed E-state index contributed by atoms with van der Waals surface area (Å²) in [6.45, 7) is 0.665. The summed E-state index contributed by atoms with van der Waals surface area (Å²) in [5.41, 5.74) is 4.59. The molecule has 0 aliphatic heterocycles. The topological polar surface area (TPSA) is 72.9 Å². The third-order valence-electron chi connectivity index (χ3n) is 3.23. The largest absolute Gasteiger partial charge is 0.341 e. The Balaban J connectivity index is 1.86. The van der Waals surface area contributed by atoms with Gasteiger partial charge in [-0.05, 0) is 29.7 Å². The van der Waals surface area contributed by atoms with Crippen LogP contribution in [0.1, 0.15) is 16.1 Å². The quantitative estimate of drug-likeness (QED) is 0.430. The van der Waals surface area contributed by atoms with Gasteiger partial charge in [0.2, 0.25) is 0 Å². The van der Waals surface area contributed by atoms with E-state index in [-0.39, 0.29) is 5.91 Å². The molecule has 3 N–H and O–H groups in total. The molecule has 5 heteroatoms. The Morgan fingerprint density at radius 1 is 1.20 bits per heavy atom. The molecule has 0 saturated carbocycles. The smallest absolute Gasteiger partial charge is 0.266 e. The molecule has 0 aliphatic rings. The Hall–Kier alpha value is -2.66. The van der Waals surface area contributed by atoms with E-state index in [1.807, 2.05) is 24.4 Å². The number of nitrogen functional groups attached to an aromatic ring is 1. The van der Waals surface area contributed by atoms with E-state index in [1.54, 1.807) is 6.07 Å². The van der Waals surface area contributed by atoms with Crippen LogP contribution in [0, 0.1) is 0 Å². The Morgan fingerprint density at radius 3 is 2.80 bits per heavy atom. The summed E-state index contributed by atoms with van der Waals surface area (Å²) < 4.78 is 2.13. The average Bonchev–Trinajstić information content (AvgIpc) is 2.91. The highest BCUT2D eigenvalue weighted by Gasteiger charge is 2.05. The number of rotatable bonds is 3. The highest BCUT2D eigenvalue weighted by Crippen LogP contribution is 2.16. The van der Waals surface area contributed by atoms with Crippen molar-refractivity contribution in [1.82, 2.24) is 15.0 Å². The van der Waals surface area contributed by atoms with Crippen LogP contribution in [0.25, 0.3) is 10.9 Å². The van der Waals surface area contributed by atoms with E-state index in [0.717, 1.165) is 11.2 Å². The van der Waals surface area contributed by atoms with Gasteiger partial charge in [0, 0.05) is 17.9 Å². The molecule has 0 radical (unpaired) electrons. The van der Waals surface area contributed by atoms with Gasteiger partial charge >= 0.3 is 0 Å². The first-order valence-corrected chi connectivity index (χ1v) is 6.27. The second kappa shape index (κ2) is 5.14. The molecular weight excluding hydrogens is 252 g/mol. The molecule has 0 bridgehead atoms. The first kappa shape index (κ1) is 12.4. The molecule has 3 rings (SSSR count). The number of pyridine rings is 1. The summed E-state index contributed by atoms with van der Waals surface area (Å²) in [5.74, 6) is 4.75. The summed E-state index contributed by atoms with van der Waals surface area (Å²) in [4.78, 5) is 15.6. The number of nitrogens with two attached hydrogens (primary N) is 1. The Morgan fingerprint density at radius 2 is 2.05 bits per heavy atom. The zero-order valence-electron chi connectivity index (χ0n) is 10.8. The van der Waals surface area contributed by atoms with Crippen LogP contribution in [0.2, 0.25) is 0 Å². The Labute approximate surface area is 116 Å². The Bertz CT molecular complexity index is 746. The van der Waals surface area contributed by atoms with E-state index in [4.69, 9.17) is 5.84 Å². The average molecular weight is 266 g/mol. The minimum Gasteiger partial charge on any atom is -0.341 e. The van der Waals surface area contributed by atoms with Gasteiger partial charge in [0.15, 0.2) is 0 Å². The third-order valence-corrected chi connectivity index (χ3v) is 3.23. The van der Waals surface area contributed by atoms with E-state index in [2.05, 4.69) is 33.2 Å². The van der Waals surface area contributed by atoms with Gasteiger partial charge in [-0.25, -0.2) is 5.84 Å². The van der Waals surface area contributed by atoms with Gasteiger partial charge in [0.05, 0.1) is 17.8 Å². The lowest BCUT2D eigenvalue weighted by molar-refractivity contribution is 0.0953. The SMILES string of the molecule is NNC(=O)c1ccc(Cn2ccc3ccccc32)nc1. The lowest BCUT2D eigenvalue weighted by Crippen LogP contribution is -2.30. The molecule has 0 saturated heterocycles. The molecule has 0 fully saturated rings. The number of carbonyl (C=O) groups excluding carboxylic acids is 1. The third kappa shape index (κ3) is 2.26. The fourth-order valence-electron chi connectivity index (χ4n) is 2.19. The van der Waals surface area contributed by atoms with Crippen molar-refractivity contribution in [3.8, 4) is 0 Å². The van der Waals surface area contributed by atoms with E-state index < -0.39 is 0 Å². The van der Waals surface area contributed by atoms with Gasteiger partial charge in [-0.3, -0.25) is 15.2 Å². The van der Waals surface area contributed by atoms with Gasteiger partial charge in [-0.1, -0.05) is 18.2 Å². The lowest BCUT2D eigenvalue weighted by atomic mass is 10.2. The number of hydrogen-bond donors (Lipinski definition) is 2. The summed E-state index contributed by atoms with van der Waals surface area (Å²) in [7, 11) is 0. The summed E-state index contributed by atoms with van der Waals surface area (Å²) in [6, 6.07) is 13.8. The van der Waals surface area contributed by atoms with Crippen LogP contribution >= 0.6 is 0 Å². The van der Waals surface area contributed by atoms with Gasteiger partial charge in [-0.15, -0.1) is 0 Å². The van der Waals surface area contributed by atoms with Crippen molar-refractivity contribution < 1.29 is 4.79 Å². The second-order valence-corrected chi connectivity index (χ2v) is 4.51. The monoisotopic (exact) mass is 266 g/mol. The highest BCUT2D eigenvalue weighted by molar-refractivity contribution is 5.93. The number of hydrogen-bond acceptors (Lipinski definition) is 3. The number of amides is 1. The van der Waals surface area contributed by atoms with Crippen LogP contribution in [0.3, 0.4) is 0 Å². The molecule has 3 aromatic rings. The number of nitrogens with one attached hydrogen (secondary N) is 1. The van der Waals surface area contributed by atoms with Gasteiger partial charge in [0.1, 0.15) is 0 Å². The van der Waals surface area contributed by atoms with Crippen LogP contribution in [0.5, 0.6) is 0 Å². The lowest BCUT2D eigenvalue weighted by Gasteiger charge is -2.06. The maximum Gasteiger partial charge on any atom is 0.266 e. The van der Waals surface area contributed by atoms with Crippen molar-refractivity contribution in [2.75, 3.05) is 0 Å². The Kier molecular flexibility index (Phi) is 3.18. The fourth-order valence-corrected chi connectivity index (χ4v) is 2.19. The van der Waals surface area contributed by atoms with E-state index in [1.165, 1.54) is 11.6 Å². The number of fused-ring (bicyclic) bond motifs is 1. The van der Waals surface area contributed by atoms with Gasteiger partial charge in [0.25, 0.3) is 5.91 Å². The molecule has 1 amide bonds. The highest BCUT2D eigenvalue weighted by atomic mass is 16.2. The van der Waals surface area contributed by atoms with Crippen molar-refractivity contribution in [3.63, 3.8) is 0 Å². The molecule has 0 spiro atoms. The molecule has 100 valence electrons. The molecule has 20 heavy (non-hydrogen) atoms. The molecule has 2 aromatic heterocycles. The summed E-state index contributed by atoms with van der Waals surface area (Å²) in [5, 5.41) is 1.20. The molecule has 2 heterocycles. The summed E-state index contributed by atoms with van der Waals surface area (Å²) in [6.07, 6.45) is 3.57. The predicted octanol–water partition coefficient (Wildman–Crippen LogP) is 1.69. The van der Waals surface area contributed by atoms with Crippen LogP contribution < -0.4 is 11.3 Å². The molecule has 0 aliphatic carbocycles. The maximum absolute atomic E-state index is 11.3. The van der Waals surface area contributed by atoms with Crippen molar-refractivity contribution in [1.29, 1.82) is 0 Å².